The van der Waals surface area contributed by atoms with Gasteiger partial charge in [-0.1, -0.05) is 0 Å². The number of fused-ring (bicyclic) bond motifs is 2. The summed E-state index contributed by atoms with van der Waals surface area (Å²) in [6, 6.07) is 3.87. The molecule has 1 aromatic carbocycles. The Labute approximate surface area is 113 Å². The highest BCUT2D eigenvalue weighted by Crippen LogP contribution is 2.42. The summed E-state index contributed by atoms with van der Waals surface area (Å²) in [5, 5.41) is 0. The molecule has 1 heterocycles. The zero-order valence-corrected chi connectivity index (χ0v) is 12.3. The Morgan fingerprint density at radius 3 is 2.53 bits per heavy atom. The van der Waals surface area contributed by atoms with E-state index in [2.05, 4.69) is 19.6 Å². The number of aldehydes is 1. The van der Waals surface area contributed by atoms with Crippen LogP contribution in [-0.2, 0) is 15.6 Å². The highest BCUT2D eigenvalue weighted by atomic mass is 28.4. The van der Waals surface area contributed by atoms with Crippen molar-refractivity contribution >= 4 is 20.4 Å². The lowest BCUT2D eigenvalue weighted by molar-refractivity contribution is -0.104. The molecule has 0 fully saturated rings. The van der Waals surface area contributed by atoms with Gasteiger partial charge in [-0.05, 0) is 37.3 Å². The molecule has 19 heavy (non-hydrogen) atoms. The standard InChI is InChI=1S/C14H16O4Si/c1-19(2,3)18-14-10(7-15)4-9-5-12-13(6-11(9)14)17-8-16-12/h5-7H,4,8H2,1-3H3. The number of carbonyl (C=O) groups is 1. The number of rotatable bonds is 3. The first-order valence-electron chi connectivity index (χ1n) is 6.28. The Kier molecular flexibility index (Phi) is 2.67. The van der Waals surface area contributed by atoms with Gasteiger partial charge in [0.2, 0.25) is 15.1 Å². The molecular weight excluding hydrogens is 260 g/mol. The quantitative estimate of drug-likeness (QED) is 0.629. The molecule has 5 heteroatoms. The zero-order chi connectivity index (χ0) is 13.6. The predicted molar refractivity (Wildman–Crippen MR) is 73.7 cm³/mol. The molecule has 1 aromatic rings. The monoisotopic (exact) mass is 276 g/mol. The predicted octanol–water partition coefficient (Wildman–Crippen LogP) is 2.73. The molecule has 0 saturated carbocycles. The number of hydrogen-bond donors (Lipinski definition) is 0. The lowest BCUT2D eigenvalue weighted by atomic mass is 10.1. The van der Waals surface area contributed by atoms with Crippen LogP contribution < -0.4 is 9.47 Å². The first-order chi connectivity index (χ1) is 8.98. The van der Waals surface area contributed by atoms with Crippen LogP contribution in [0.25, 0.3) is 5.76 Å². The minimum atomic E-state index is -1.76. The Morgan fingerprint density at radius 1 is 1.21 bits per heavy atom. The average Bonchev–Trinajstić information content (AvgIpc) is 2.89. The van der Waals surface area contributed by atoms with Crippen LogP contribution in [-0.4, -0.2) is 21.4 Å². The third-order valence-electron chi connectivity index (χ3n) is 3.07. The first-order valence-corrected chi connectivity index (χ1v) is 9.69. The van der Waals surface area contributed by atoms with Crippen molar-refractivity contribution in [2.24, 2.45) is 0 Å². The maximum absolute atomic E-state index is 11.2. The second-order valence-electron chi connectivity index (χ2n) is 5.73. The molecule has 0 amide bonds. The number of ether oxygens (including phenoxy) is 2. The summed E-state index contributed by atoms with van der Waals surface area (Å²) < 4.78 is 16.8. The fourth-order valence-electron chi connectivity index (χ4n) is 2.32. The van der Waals surface area contributed by atoms with Crippen molar-refractivity contribution < 1.29 is 18.7 Å². The fraction of sp³-hybridized carbons (Fsp3) is 0.357. The summed E-state index contributed by atoms with van der Waals surface area (Å²) in [4.78, 5) is 11.2. The minimum Gasteiger partial charge on any atom is -0.544 e. The molecule has 2 aliphatic rings. The number of carbonyl (C=O) groups excluding carboxylic acids is 1. The summed E-state index contributed by atoms with van der Waals surface area (Å²) >= 11 is 0. The third kappa shape index (κ3) is 2.14. The molecule has 1 aliphatic carbocycles. The highest BCUT2D eigenvalue weighted by Gasteiger charge is 2.30. The molecule has 0 unspecified atom stereocenters. The smallest absolute Gasteiger partial charge is 0.242 e. The van der Waals surface area contributed by atoms with Gasteiger partial charge in [0.25, 0.3) is 0 Å². The summed E-state index contributed by atoms with van der Waals surface area (Å²) in [6.07, 6.45) is 1.50. The minimum absolute atomic E-state index is 0.257. The van der Waals surface area contributed by atoms with Gasteiger partial charge >= 0.3 is 0 Å². The van der Waals surface area contributed by atoms with Crippen LogP contribution in [0.1, 0.15) is 11.1 Å². The second-order valence-corrected chi connectivity index (χ2v) is 10.2. The Bertz CT molecular complexity index is 584. The van der Waals surface area contributed by atoms with Crippen LogP contribution in [0.2, 0.25) is 19.6 Å². The van der Waals surface area contributed by atoms with Gasteiger partial charge in [0, 0.05) is 17.6 Å². The molecule has 3 rings (SSSR count). The molecule has 0 aromatic heterocycles. The van der Waals surface area contributed by atoms with Gasteiger partial charge in [-0.25, -0.2) is 0 Å². The number of allylic oxidation sites excluding steroid dienone is 1. The van der Waals surface area contributed by atoms with Crippen molar-refractivity contribution in [3.63, 3.8) is 0 Å². The van der Waals surface area contributed by atoms with E-state index in [4.69, 9.17) is 13.9 Å². The van der Waals surface area contributed by atoms with E-state index in [1.165, 1.54) is 0 Å². The fourth-order valence-corrected chi connectivity index (χ4v) is 3.18. The molecule has 4 nitrogen and oxygen atoms in total. The SMILES string of the molecule is C[Si](C)(C)OC1=C(C=O)Cc2cc3c(cc21)OCO3. The molecule has 0 atom stereocenters. The van der Waals surface area contributed by atoms with E-state index in [0.29, 0.717) is 12.0 Å². The van der Waals surface area contributed by atoms with Gasteiger partial charge in [0.05, 0.1) is 0 Å². The third-order valence-corrected chi connectivity index (χ3v) is 3.88. The van der Waals surface area contributed by atoms with Crippen molar-refractivity contribution in [1.29, 1.82) is 0 Å². The maximum atomic E-state index is 11.2. The number of benzene rings is 1. The van der Waals surface area contributed by atoms with E-state index < -0.39 is 8.32 Å². The van der Waals surface area contributed by atoms with Crippen molar-refractivity contribution in [3.8, 4) is 11.5 Å². The first kappa shape index (κ1) is 12.3. The normalized spacial score (nSPS) is 16.6. The van der Waals surface area contributed by atoms with Gasteiger partial charge in [0.1, 0.15) is 12.0 Å². The van der Waals surface area contributed by atoms with Crippen LogP contribution in [0.15, 0.2) is 17.7 Å². The lowest BCUT2D eigenvalue weighted by Gasteiger charge is -2.21. The topological polar surface area (TPSA) is 44.8 Å². The van der Waals surface area contributed by atoms with Gasteiger partial charge in [-0.3, -0.25) is 4.79 Å². The van der Waals surface area contributed by atoms with E-state index >= 15 is 0 Å². The zero-order valence-electron chi connectivity index (χ0n) is 11.3. The average molecular weight is 276 g/mol. The maximum Gasteiger partial charge on any atom is 0.242 e. The Morgan fingerprint density at radius 2 is 1.89 bits per heavy atom. The summed E-state index contributed by atoms with van der Waals surface area (Å²) in [5.41, 5.74) is 2.74. The van der Waals surface area contributed by atoms with Gasteiger partial charge < -0.3 is 13.9 Å². The van der Waals surface area contributed by atoms with E-state index in [-0.39, 0.29) is 6.79 Å². The van der Waals surface area contributed by atoms with Gasteiger partial charge in [0.15, 0.2) is 11.5 Å². The summed E-state index contributed by atoms with van der Waals surface area (Å²) in [7, 11) is -1.76. The molecule has 100 valence electrons. The molecule has 0 saturated heterocycles. The number of hydrogen-bond acceptors (Lipinski definition) is 4. The Hall–Kier alpha value is -1.75. The molecule has 0 bridgehead atoms. The summed E-state index contributed by atoms with van der Waals surface area (Å²) in [5.74, 6) is 2.20. The Balaban J connectivity index is 2.06. The van der Waals surface area contributed by atoms with Gasteiger partial charge in [-0.15, -0.1) is 0 Å². The highest BCUT2D eigenvalue weighted by molar-refractivity contribution is 6.70. The largest absolute Gasteiger partial charge is 0.544 e. The van der Waals surface area contributed by atoms with E-state index in [9.17, 15) is 4.79 Å². The van der Waals surface area contributed by atoms with Gasteiger partial charge in [-0.2, -0.15) is 0 Å². The molecular formula is C14H16O4Si. The van der Waals surface area contributed by atoms with E-state index in [1.807, 2.05) is 12.1 Å². The molecule has 0 radical (unpaired) electrons. The van der Waals surface area contributed by atoms with Crippen LogP contribution in [0.4, 0.5) is 0 Å². The van der Waals surface area contributed by atoms with Crippen molar-refractivity contribution in [1.82, 2.24) is 0 Å². The van der Waals surface area contributed by atoms with Crippen molar-refractivity contribution in [3.05, 3.63) is 28.8 Å². The molecule has 1 aliphatic heterocycles. The van der Waals surface area contributed by atoms with Crippen molar-refractivity contribution in [2.75, 3.05) is 6.79 Å². The van der Waals surface area contributed by atoms with Crippen LogP contribution in [0.5, 0.6) is 11.5 Å². The van der Waals surface area contributed by atoms with Crippen LogP contribution >= 0.6 is 0 Å². The second kappa shape index (κ2) is 4.13. The molecule has 0 spiro atoms. The summed E-state index contributed by atoms with van der Waals surface area (Å²) in [6.45, 7) is 6.57. The lowest BCUT2D eigenvalue weighted by Crippen LogP contribution is -2.24. The van der Waals surface area contributed by atoms with Crippen LogP contribution in [0.3, 0.4) is 0 Å². The van der Waals surface area contributed by atoms with Crippen molar-refractivity contribution in [2.45, 2.75) is 26.1 Å². The van der Waals surface area contributed by atoms with E-state index in [0.717, 1.165) is 34.7 Å². The van der Waals surface area contributed by atoms with Crippen LogP contribution in [0, 0.1) is 0 Å². The van der Waals surface area contributed by atoms with E-state index in [1.54, 1.807) is 0 Å². The molecule has 0 N–H and O–H groups in total.